The van der Waals surface area contributed by atoms with E-state index in [1.807, 2.05) is 31.2 Å². The highest BCUT2D eigenvalue weighted by Crippen LogP contribution is 2.34. The highest BCUT2D eigenvalue weighted by atomic mass is 16.5. The second kappa shape index (κ2) is 6.48. The Morgan fingerprint density at radius 2 is 1.95 bits per heavy atom. The lowest BCUT2D eigenvalue weighted by Crippen LogP contribution is -2.22. The molecule has 1 N–H and O–H groups in total. The van der Waals surface area contributed by atoms with Gasteiger partial charge in [0.15, 0.2) is 0 Å². The summed E-state index contributed by atoms with van der Waals surface area (Å²) < 4.78 is 16.2. The maximum Gasteiger partial charge on any atom is 0.124 e. The van der Waals surface area contributed by atoms with Gasteiger partial charge in [-0.05, 0) is 37.7 Å². The Morgan fingerprint density at radius 3 is 2.50 bits per heavy atom. The summed E-state index contributed by atoms with van der Waals surface area (Å²) in [6, 6.07) is 7.82. The van der Waals surface area contributed by atoms with Crippen LogP contribution >= 0.6 is 0 Å². The minimum absolute atomic E-state index is 0.0174. The number of methoxy groups -OCH3 is 2. The Morgan fingerprint density at radius 1 is 1.15 bits per heavy atom. The van der Waals surface area contributed by atoms with Gasteiger partial charge in [-0.1, -0.05) is 6.92 Å². The summed E-state index contributed by atoms with van der Waals surface area (Å²) in [6.45, 7) is 4.89. The van der Waals surface area contributed by atoms with Gasteiger partial charge in [0, 0.05) is 11.1 Å². The first-order valence-corrected chi connectivity index (χ1v) is 6.70. The molecule has 0 spiro atoms. The monoisotopic (exact) mass is 275 g/mol. The first kappa shape index (κ1) is 14.5. The lowest BCUT2D eigenvalue weighted by molar-refractivity contribution is 0.393. The highest BCUT2D eigenvalue weighted by Gasteiger charge is 2.21. The average Bonchev–Trinajstić information content (AvgIpc) is 2.90. The van der Waals surface area contributed by atoms with Crippen molar-refractivity contribution in [2.45, 2.75) is 19.9 Å². The average molecular weight is 275 g/mol. The molecule has 2 aromatic rings. The van der Waals surface area contributed by atoms with Gasteiger partial charge in [-0.3, -0.25) is 0 Å². The first-order chi connectivity index (χ1) is 9.71. The fraction of sp³-hybridized carbons (Fsp3) is 0.375. The summed E-state index contributed by atoms with van der Waals surface area (Å²) >= 11 is 0. The van der Waals surface area contributed by atoms with Crippen molar-refractivity contribution >= 4 is 0 Å². The maximum atomic E-state index is 5.48. The molecule has 0 amide bonds. The number of nitrogens with one attached hydrogen (secondary N) is 1. The number of benzene rings is 1. The number of furan rings is 1. The Labute approximate surface area is 119 Å². The standard InChI is InChI=1S/C16H21NO3/c1-5-17-16(13-8-9-20-11(13)2)14-10-12(18-3)6-7-15(14)19-4/h6-10,16-17H,5H2,1-4H3. The molecular weight excluding hydrogens is 254 g/mol. The van der Waals surface area contributed by atoms with E-state index < -0.39 is 0 Å². The van der Waals surface area contributed by atoms with E-state index in [1.165, 1.54) is 0 Å². The second-order valence-electron chi connectivity index (χ2n) is 4.53. The predicted octanol–water partition coefficient (Wildman–Crippen LogP) is 3.30. The van der Waals surface area contributed by atoms with Gasteiger partial charge in [-0.25, -0.2) is 0 Å². The normalized spacial score (nSPS) is 12.2. The molecule has 0 fully saturated rings. The molecule has 4 heteroatoms. The van der Waals surface area contributed by atoms with Crippen molar-refractivity contribution in [1.29, 1.82) is 0 Å². The van der Waals surface area contributed by atoms with Crippen LogP contribution in [0.2, 0.25) is 0 Å². The van der Waals surface area contributed by atoms with E-state index in [9.17, 15) is 0 Å². The molecule has 1 unspecified atom stereocenters. The van der Waals surface area contributed by atoms with E-state index in [2.05, 4.69) is 12.2 Å². The van der Waals surface area contributed by atoms with Crippen LogP contribution in [0.3, 0.4) is 0 Å². The van der Waals surface area contributed by atoms with Gasteiger partial charge < -0.3 is 19.2 Å². The second-order valence-corrected chi connectivity index (χ2v) is 4.53. The molecular formula is C16H21NO3. The van der Waals surface area contributed by atoms with Crippen LogP contribution < -0.4 is 14.8 Å². The highest BCUT2D eigenvalue weighted by molar-refractivity contribution is 5.46. The first-order valence-electron chi connectivity index (χ1n) is 6.70. The summed E-state index contributed by atoms with van der Waals surface area (Å²) in [5, 5.41) is 3.47. The van der Waals surface area contributed by atoms with Crippen molar-refractivity contribution in [3.05, 3.63) is 47.4 Å². The zero-order valence-corrected chi connectivity index (χ0v) is 12.4. The molecule has 0 aliphatic carbocycles. The van der Waals surface area contributed by atoms with Crippen LogP contribution in [0.15, 0.2) is 34.9 Å². The van der Waals surface area contributed by atoms with E-state index in [-0.39, 0.29) is 6.04 Å². The molecule has 1 aromatic carbocycles. The molecule has 4 nitrogen and oxygen atoms in total. The van der Waals surface area contributed by atoms with E-state index in [0.717, 1.165) is 34.9 Å². The lowest BCUT2D eigenvalue weighted by atomic mass is 9.98. The van der Waals surface area contributed by atoms with Gasteiger partial charge >= 0.3 is 0 Å². The molecule has 0 saturated heterocycles. The van der Waals surface area contributed by atoms with E-state index >= 15 is 0 Å². The predicted molar refractivity (Wildman–Crippen MR) is 78.5 cm³/mol. The van der Waals surface area contributed by atoms with Crippen LogP contribution in [-0.2, 0) is 0 Å². The van der Waals surface area contributed by atoms with Gasteiger partial charge in [0.2, 0.25) is 0 Å². The van der Waals surface area contributed by atoms with Crippen LogP contribution in [0.1, 0.15) is 29.9 Å². The molecule has 20 heavy (non-hydrogen) atoms. The quantitative estimate of drug-likeness (QED) is 0.878. The SMILES string of the molecule is CCNC(c1cc(OC)ccc1OC)c1ccoc1C. The Balaban J connectivity index is 2.50. The molecule has 1 heterocycles. The van der Waals surface area contributed by atoms with Gasteiger partial charge in [0.25, 0.3) is 0 Å². The third kappa shape index (κ3) is 2.80. The molecule has 0 radical (unpaired) electrons. The van der Waals surface area contributed by atoms with Gasteiger partial charge in [-0.15, -0.1) is 0 Å². The van der Waals surface area contributed by atoms with Crippen molar-refractivity contribution in [3.8, 4) is 11.5 Å². The molecule has 0 bridgehead atoms. The van der Waals surface area contributed by atoms with Crippen LogP contribution in [0.25, 0.3) is 0 Å². The van der Waals surface area contributed by atoms with Gasteiger partial charge in [-0.2, -0.15) is 0 Å². The molecule has 0 aliphatic rings. The molecule has 108 valence electrons. The maximum absolute atomic E-state index is 5.48. The lowest BCUT2D eigenvalue weighted by Gasteiger charge is -2.21. The molecule has 2 rings (SSSR count). The van der Waals surface area contributed by atoms with Crippen molar-refractivity contribution in [2.75, 3.05) is 20.8 Å². The minimum atomic E-state index is 0.0174. The van der Waals surface area contributed by atoms with E-state index in [4.69, 9.17) is 13.9 Å². The number of hydrogen-bond acceptors (Lipinski definition) is 4. The minimum Gasteiger partial charge on any atom is -0.497 e. The summed E-state index contributed by atoms with van der Waals surface area (Å²) in [5.74, 6) is 2.54. The molecule has 0 saturated carbocycles. The van der Waals surface area contributed by atoms with Gasteiger partial charge in [0.05, 0.1) is 26.5 Å². The zero-order valence-electron chi connectivity index (χ0n) is 12.4. The fourth-order valence-corrected chi connectivity index (χ4v) is 2.35. The van der Waals surface area contributed by atoms with Crippen LogP contribution in [0.5, 0.6) is 11.5 Å². The number of ether oxygens (including phenoxy) is 2. The Bertz CT molecular complexity index is 563. The van der Waals surface area contributed by atoms with Crippen molar-refractivity contribution in [2.24, 2.45) is 0 Å². The van der Waals surface area contributed by atoms with Crippen molar-refractivity contribution in [3.63, 3.8) is 0 Å². The third-order valence-electron chi connectivity index (χ3n) is 3.37. The molecule has 0 aliphatic heterocycles. The zero-order chi connectivity index (χ0) is 14.5. The smallest absolute Gasteiger partial charge is 0.124 e. The number of aryl methyl sites for hydroxylation is 1. The topological polar surface area (TPSA) is 43.6 Å². The van der Waals surface area contributed by atoms with Crippen molar-refractivity contribution in [1.82, 2.24) is 5.32 Å². The molecule has 1 aromatic heterocycles. The van der Waals surface area contributed by atoms with Crippen LogP contribution in [0.4, 0.5) is 0 Å². The molecule has 1 atom stereocenters. The third-order valence-corrected chi connectivity index (χ3v) is 3.37. The number of hydrogen-bond donors (Lipinski definition) is 1. The summed E-state index contributed by atoms with van der Waals surface area (Å²) in [4.78, 5) is 0. The Hall–Kier alpha value is -1.94. The number of rotatable bonds is 6. The van der Waals surface area contributed by atoms with Gasteiger partial charge in [0.1, 0.15) is 17.3 Å². The van der Waals surface area contributed by atoms with E-state index in [1.54, 1.807) is 20.5 Å². The Kier molecular flexibility index (Phi) is 4.69. The van der Waals surface area contributed by atoms with E-state index in [0.29, 0.717) is 0 Å². The van der Waals surface area contributed by atoms with Crippen molar-refractivity contribution < 1.29 is 13.9 Å². The summed E-state index contributed by atoms with van der Waals surface area (Å²) in [6.07, 6.45) is 1.71. The largest absolute Gasteiger partial charge is 0.497 e. The summed E-state index contributed by atoms with van der Waals surface area (Å²) in [7, 11) is 3.34. The fourth-order valence-electron chi connectivity index (χ4n) is 2.35. The van der Waals surface area contributed by atoms with Crippen LogP contribution in [0, 0.1) is 6.92 Å². The summed E-state index contributed by atoms with van der Waals surface area (Å²) in [5.41, 5.74) is 2.15. The van der Waals surface area contributed by atoms with Crippen LogP contribution in [-0.4, -0.2) is 20.8 Å².